The van der Waals surface area contributed by atoms with Crippen LogP contribution in [0.3, 0.4) is 0 Å². The molecule has 1 N–H and O–H groups in total. The second-order valence-electron chi connectivity index (χ2n) is 6.87. The van der Waals surface area contributed by atoms with Crippen molar-refractivity contribution in [2.24, 2.45) is 0 Å². The normalized spacial score (nSPS) is 10.9. The Bertz CT molecular complexity index is 1140. The Kier molecular flexibility index (Phi) is 5.94. The second-order valence-corrected chi connectivity index (χ2v) is 7.95. The van der Waals surface area contributed by atoms with Gasteiger partial charge < -0.3 is 5.32 Å². The molecule has 4 rings (SSSR count). The van der Waals surface area contributed by atoms with Crippen molar-refractivity contribution in [2.45, 2.75) is 26.4 Å². The van der Waals surface area contributed by atoms with Gasteiger partial charge in [-0.1, -0.05) is 36.4 Å². The van der Waals surface area contributed by atoms with E-state index in [0.717, 1.165) is 21.7 Å². The Balaban J connectivity index is 1.42. The first-order valence-corrected chi connectivity index (χ1v) is 10.3. The summed E-state index contributed by atoms with van der Waals surface area (Å²) < 4.78 is 14.8. The van der Waals surface area contributed by atoms with Crippen molar-refractivity contribution in [3.8, 4) is 0 Å². The molecule has 2 aromatic carbocycles. The maximum Gasteiger partial charge on any atom is 0.263 e. The minimum absolute atomic E-state index is 0.147. The molecule has 1 amide bonds. The predicted molar refractivity (Wildman–Crippen MR) is 113 cm³/mol. The fourth-order valence-electron chi connectivity index (χ4n) is 3.14. The van der Waals surface area contributed by atoms with Crippen LogP contribution in [0.5, 0.6) is 0 Å². The number of hydrogen-bond acceptors (Lipinski definition) is 5. The maximum absolute atomic E-state index is 13.1. The number of aromatic nitrogens is 4. The zero-order valence-corrected chi connectivity index (χ0v) is 17.2. The first-order valence-electron chi connectivity index (χ1n) is 9.46. The van der Waals surface area contributed by atoms with Gasteiger partial charge in [-0.15, -0.1) is 11.3 Å². The van der Waals surface area contributed by atoms with E-state index >= 15 is 0 Å². The molecule has 0 aliphatic heterocycles. The van der Waals surface area contributed by atoms with E-state index in [1.807, 2.05) is 31.2 Å². The summed E-state index contributed by atoms with van der Waals surface area (Å²) in [5, 5.41) is 7.97. The van der Waals surface area contributed by atoms with Crippen LogP contribution in [0.4, 0.5) is 4.39 Å². The summed E-state index contributed by atoms with van der Waals surface area (Å²) >= 11 is 1.37. The van der Waals surface area contributed by atoms with E-state index in [2.05, 4.69) is 20.4 Å². The third kappa shape index (κ3) is 4.77. The molecule has 4 aromatic rings. The van der Waals surface area contributed by atoms with Gasteiger partial charge in [-0.3, -0.25) is 4.79 Å². The van der Waals surface area contributed by atoms with Gasteiger partial charge in [0, 0.05) is 13.0 Å². The van der Waals surface area contributed by atoms with Gasteiger partial charge in [0.15, 0.2) is 0 Å². The van der Waals surface area contributed by atoms with Crippen molar-refractivity contribution in [1.82, 2.24) is 25.1 Å². The van der Waals surface area contributed by atoms with Crippen LogP contribution in [0, 0.1) is 12.7 Å². The summed E-state index contributed by atoms with van der Waals surface area (Å²) in [6.45, 7) is 2.83. The lowest BCUT2D eigenvalue weighted by atomic mass is 10.1. The molecule has 0 radical (unpaired) electrons. The fraction of sp³-hybridized carbons (Fsp3) is 0.182. The molecule has 2 heterocycles. The number of carbonyl (C=O) groups is 1. The Morgan fingerprint density at radius 2 is 1.90 bits per heavy atom. The van der Waals surface area contributed by atoms with E-state index in [1.54, 1.807) is 23.1 Å². The van der Waals surface area contributed by atoms with Gasteiger partial charge in [-0.05, 0) is 35.7 Å². The molecule has 0 saturated heterocycles. The van der Waals surface area contributed by atoms with Crippen LogP contribution in [-0.2, 0) is 19.5 Å². The molecule has 0 atom stereocenters. The molecule has 0 spiro atoms. The number of amides is 1. The predicted octanol–water partition coefficient (Wildman–Crippen LogP) is 3.75. The lowest BCUT2D eigenvalue weighted by Gasteiger charge is -2.10. The van der Waals surface area contributed by atoms with Gasteiger partial charge in [0.25, 0.3) is 5.91 Å². The quantitative estimate of drug-likeness (QED) is 0.493. The average Bonchev–Trinajstić information content (AvgIpc) is 3.38. The minimum atomic E-state index is -0.266. The Morgan fingerprint density at radius 3 is 2.63 bits per heavy atom. The van der Waals surface area contributed by atoms with Gasteiger partial charge in [0.2, 0.25) is 0 Å². The van der Waals surface area contributed by atoms with Crippen LogP contribution >= 0.6 is 11.3 Å². The highest BCUT2D eigenvalue weighted by Gasteiger charge is 2.16. The number of nitrogens with one attached hydrogen (secondary N) is 1. The number of carbonyl (C=O) groups excluding carboxylic acids is 1. The van der Waals surface area contributed by atoms with Crippen molar-refractivity contribution in [2.75, 3.05) is 0 Å². The monoisotopic (exact) mass is 421 g/mol. The molecule has 0 aliphatic rings. The summed E-state index contributed by atoms with van der Waals surface area (Å²) in [7, 11) is 0. The number of thiazole rings is 1. The first-order chi connectivity index (χ1) is 14.6. The molecule has 8 heteroatoms. The third-order valence-corrected chi connectivity index (χ3v) is 5.83. The summed E-state index contributed by atoms with van der Waals surface area (Å²) in [5.74, 6) is -0.413. The van der Waals surface area contributed by atoms with Gasteiger partial charge in [-0.25, -0.2) is 19.0 Å². The lowest BCUT2D eigenvalue weighted by molar-refractivity contribution is 0.0954. The molecule has 152 valence electrons. The van der Waals surface area contributed by atoms with Crippen molar-refractivity contribution in [1.29, 1.82) is 0 Å². The second kappa shape index (κ2) is 8.96. The van der Waals surface area contributed by atoms with Crippen molar-refractivity contribution in [3.05, 3.63) is 99.3 Å². The van der Waals surface area contributed by atoms with Crippen LogP contribution in [0.1, 0.15) is 37.1 Å². The van der Waals surface area contributed by atoms with Crippen LogP contribution in [0.25, 0.3) is 0 Å². The van der Waals surface area contributed by atoms with E-state index in [4.69, 9.17) is 0 Å². The molecular weight excluding hydrogens is 401 g/mol. The van der Waals surface area contributed by atoms with Gasteiger partial charge in [0.05, 0.1) is 17.2 Å². The number of nitrogens with zero attached hydrogens (tertiary/aromatic N) is 4. The number of rotatable bonds is 7. The largest absolute Gasteiger partial charge is 0.347 e. The van der Waals surface area contributed by atoms with E-state index in [9.17, 15) is 9.18 Å². The zero-order chi connectivity index (χ0) is 20.9. The number of benzene rings is 2. The molecule has 0 unspecified atom stereocenters. The molecule has 2 aromatic heterocycles. The van der Waals surface area contributed by atoms with Gasteiger partial charge >= 0.3 is 0 Å². The van der Waals surface area contributed by atoms with E-state index in [-0.39, 0.29) is 11.7 Å². The summed E-state index contributed by atoms with van der Waals surface area (Å²) in [4.78, 5) is 21.8. The topological polar surface area (TPSA) is 72.7 Å². The van der Waals surface area contributed by atoms with Crippen LogP contribution in [0.15, 0.2) is 61.2 Å². The van der Waals surface area contributed by atoms with E-state index in [0.29, 0.717) is 30.1 Å². The highest BCUT2D eigenvalue weighted by Crippen LogP contribution is 2.21. The number of halogens is 1. The highest BCUT2D eigenvalue weighted by atomic mass is 32.1. The molecule has 0 saturated carbocycles. The molecule has 30 heavy (non-hydrogen) atoms. The van der Waals surface area contributed by atoms with Crippen molar-refractivity contribution in [3.63, 3.8) is 0 Å². The molecule has 6 nitrogen and oxygen atoms in total. The average molecular weight is 422 g/mol. The van der Waals surface area contributed by atoms with Crippen LogP contribution < -0.4 is 5.32 Å². The van der Waals surface area contributed by atoms with Gasteiger partial charge in [-0.2, -0.15) is 5.10 Å². The summed E-state index contributed by atoms with van der Waals surface area (Å²) in [6.07, 6.45) is 3.74. The first kappa shape index (κ1) is 19.9. The Labute approximate surface area is 177 Å². The molecule has 0 aliphatic carbocycles. The summed E-state index contributed by atoms with van der Waals surface area (Å²) in [6, 6.07) is 14.3. The molecule has 0 bridgehead atoms. The van der Waals surface area contributed by atoms with Crippen LogP contribution in [-0.4, -0.2) is 25.7 Å². The third-order valence-electron chi connectivity index (χ3n) is 4.67. The van der Waals surface area contributed by atoms with Crippen molar-refractivity contribution < 1.29 is 9.18 Å². The fourth-order valence-corrected chi connectivity index (χ4v) is 4.16. The van der Waals surface area contributed by atoms with E-state index in [1.165, 1.54) is 29.8 Å². The molecular formula is C22H20FN5OS. The highest BCUT2D eigenvalue weighted by molar-refractivity contribution is 7.13. The Hall–Kier alpha value is -3.39. The number of hydrogen-bond donors (Lipinski definition) is 1. The van der Waals surface area contributed by atoms with Crippen molar-refractivity contribution >= 4 is 17.2 Å². The molecule has 0 fully saturated rings. The lowest BCUT2D eigenvalue weighted by Crippen LogP contribution is -2.23. The van der Waals surface area contributed by atoms with Crippen LogP contribution in [0.2, 0.25) is 0 Å². The number of aryl methyl sites for hydroxylation is 1. The minimum Gasteiger partial charge on any atom is -0.347 e. The summed E-state index contributed by atoms with van der Waals surface area (Å²) in [5.41, 5.74) is 3.75. The standard InChI is InChI=1S/C22H20FN5OS/c1-15-21(30-20(27-15)10-16-6-8-19(23)9-7-16)22(29)25-11-17-4-2-3-5-18(17)12-28-14-24-13-26-28/h2-9,13-14H,10-12H2,1H3,(H,25,29). The van der Waals surface area contributed by atoms with Gasteiger partial charge in [0.1, 0.15) is 23.3 Å². The smallest absolute Gasteiger partial charge is 0.263 e. The zero-order valence-electron chi connectivity index (χ0n) is 16.4. The van der Waals surface area contributed by atoms with E-state index < -0.39 is 0 Å². The Morgan fingerprint density at radius 1 is 1.13 bits per heavy atom. The SMILES string of the molecule is Cc1nc(Cc2ccc(F)cc2)sc1C(=O)NCc1ccccc1Cn1cncn1. The maximum atomic E-state index is 13.1.